The quantitative estimate of drug-likeness (QED) is 0.231. The predicted molar refractivity (Wildman–Crippen MR) is 147 cm³/mol. The summed E-state index contributed by atoms with van der Waals surface area (Å²) in [6.45, 7) is 5.05. The minimum Gasteiger partial charge on any atom is -0.488 e. The largest absolute Gasteiger partial charge is 0.488 e. The first-order valence-corrected chi connectivity index (χ1v) is 13.6. The number of nitrogens with zero attached hydrogens (tertiary/aromatic N) is 2. The highest BCUT2D eigenvalue weighted by molar-refractivity contribution is 9.10. The van der Waals surface area contributed by atoms with Gasteiger partial charge in [0.05, 0.1) is 27.2 Å². The smallest absolute Gasteiger partial charge is 0.434 e. The lowest BCUT2D eigenvalue weighted by molar-refractivity contribution is -0.140. The van der Waals surface area contributed by atoms with Crippen molar-refractivity contribution in [3.05, 3.63) is 106 Å². The first-order chi connectivity index (χ1) is 18.5. The van der Waals surface area contributed by atoms with Gasteiger partial charge in [-0.2, -0.15) is 13.2 Å². The van der Waals surface area contributed by atoms with Crippen LogP contribution in [0.3, 0.4) is 0 Å². The lowest BCUT2D eigenvalue weighted by atomic mass is 9.95. The lowest BCUT2D eigenvalue weighted by Gasteiger charge is -2.26. The van der Waals surface area contributed by atoms with Gasteiger partial charge in [-0.1, -0.05) is 59.3 Å². The Bertz CT molecular complexity index is 1660. The van der Waals surface area contributed by atoms with Crippen LogP contribution in [0.25, 0.3) is 6.08 Å². The molecule has 204 valence electrons. The van der Waals surface area contributed by atoms with Crippen LogP contribution in [0.15, 0.2) is 74.6 Å². The number of aromatic nitrogens is 1. The van der Waals surface area contributed by atoms with E-state index in [0.717, 1.165) is 15.9 Å². The topological polar surface area (TPSA) is 69.9 Å². The number of rotatable bonds is 7. The third-order valence-corrected chi connectivity index (χ3v) is 7.49. The Labute approximate surface area is 242 Å². The van der Waals surface area contributed by atoms with Crippen molar-refractivity contribution in [3.63, 3.8) is 0 Å². The van der Waals surface area contributed by atoms with Crippen LogP contribution >= 0.6 is 50.5 Å². The number of allylic oxidation sites excluding steroid dienone is 1. The van der Waals surface area contributed by atoms with Crippen LogP contribution in [0.5, 0.6) is 5.75 Å². The van der Waals surface area contributed by atoms with Gasteiger partial charge < -0.3 is 9.47 Å². The predicted octanol–water partition coefficient (Wildman–Crippen LogP) is 5.97. The van der Waals surface area contributed by atoms with E-state index in [9.17, 15) is 22.8 Å². The third-order valence-electron chi connectivity index (χ3n) is 5.45. The van der Waals surface area contributed by atoms with Crippen molar-refractivity contribution in [2.45, 2.75) is 19.1 Å². The summed E-state index contributed by atoms with van der Waals surface area (Å²) in [6, 6.07) is 7.46. The second kappa shape index (κ2) is 11.7. The van der Waals surface area contributed by atoms with Gasteiger partial charge in [-0.05, 0) is 58.8 Å². The summed E-state index contributed by atoms with van der Waals surface area (Å²) in [5.41, 5.74) is -2.30. The van der Waals surface area contributed by atoms with Crippen molar-refractivity contribution in [2.75, 3.05) is 13.2 Å². The van der Waals surface area contributed by atoms with Crippen LogP contribution in [0.1, 0.15) is 24.1 Å². The van der Waals surface area contributed by atoms with Gasteiger partial charge in [0.2, 0.25) is 0 Å². The van der Waals surface area contributed by atoms with Gasteiger partial charge >= 0.3 is 12.1 Å². The molecule has 0 N–H and O–H groups in total. The fourth-order valence-electron chi connectivity index (χ4n) is 3.92. The summed E-state index contributed by atoms with van der Waals surface area (Å²) in [6.07, 6.45) is -2.04. The minimum absolute atomic E-state index is 0.0389. The molecule has 0 unspecified atom stereocenters. The first-order valence-electron chi connectivity index (χ1n) is 11.2. The molecule has 1 aliphatic heterocycles. The highest BCUT2D eigenvalue weighted by Crippen LogP contribution is 2.39. The molecule has 4 rings (SSSR count). The van der Waals surface area contributed by atoms with E-state index >= 15 is 0 Å². The zero-order chi connectivity index (χ0) is 28.5. The number of benzene rings is 2. The van der Waals surface area contributed by atoms with Gasteiger partial charge in [-0.25, -0.2) is 9.79 Å². The standard InChI is InChI=1S/C26H18BrCl2F3N2O4S/c1-3-9-38-21-14(10-16(29)12-17(21)27)11-18-23(35)34-20(13-5-7-15(28)8-6-13)19(24(36)37-4-2)22(26(30,31)32)33-25(34)39-18/h3,5-8,10-12,20H,1,4,9H2,2H3/b18-11-/t20-/m0/s1. The van der Waals surface area contributed by atoms with E-state index in [1.165, 1.54) is 43.3 Å². The van der Waals surface area contributed by atoms with Gasteiger partial charge in [-0.3, -0.25) is 9.36 Å². The third kappa shape index (κ3) is 6.01. The molecule has 1 aliphatic rings. The Morgan fingerprint density at radius 2 is 1.92 bits per heavy atom. The minimum atomic E-state index is -5.01. The van der Waals surface area contributed by atoms with E-state index in [1.807, 2.05) is 0 Å². The van der Waals surface area contributed by atoms with Gasteiger partial charge in [0.15, 0.2) is 10.5 Å². The molecule has 6 nitrogen and oxygen atoms in total. The summed E-state index contributed by atoms with van der Waals surface area (Å²) in [7, 11) is 0. The Balaban J connectivity index is 2.05. The monoisotopic (exact) mass is 660 g/mol. The zero-order valence-corrected chi connectivity index (χ0v) is 23.9. The van der Waals surface area contributed by atoms with Gasteiger partial charge in [0.25, 0.3) is 5.56 Å². The molecule has 1 atom stereocenters. The van der Waals surface area contributed by atoms with Crippen molar-refractivity contribution in [1.29, 1.82) is 0 Å². The second-order valence-electron chi connectivity index (χ2n) is 8.02. The maximum absolute atomic E-state index is 14.2. The molecular weight excluding hydrogens is 644 g/mol. The number of hydrogen-bond donors (Lipinski definition) is 0. The second-order valence-corrected chi connectivity index (χ2v) is 10.8. The van der Waals surface area contributed by atoms with E-state index in [4.69, 9.17) is 32.7 Å². The zero-order valence-electron chi connectivity index (χ0n) is 20.0. The number of fused-ring (bicyclic) bond motifs is 1. The van der Waals surface area contributed by atoms with Crippen LogP contribution in [-0.2, 0) is 9.53 Å². The van der Waals surface area contributed by atoms with Crippen LogP contribution in [0, 0.1) is 0 Å². The average molecular weight is 662 g/mol. The lowest BCUT2D eigenvalue weighted by Crippen LogP contribution is -2.41. The number of alkyl halides is 3. The van der Waals surface area contributed by atoms with Crippen molar-refractivity contribution in [2.24, 2.45) is 4.99 Å². The van der Waals surface area contributed by atoms with Gasteiger partial charge in [-0.15, -0.1) is 0 Å². The Morgan fingerprint density at radius 3 is 2.54 bits per heavy atom. The average Bonchev–Trinajstić information content (AvgIpc) is 3.17. The molecule has 13 heteroatoms. The van der Waals surface area contributed by atoms with Crippen molar-refractivity contribution < 1.29 is 27.4 Å². The molecule has 0 fully saturated rings. The number of carbonyl (C=O) groups excluding carboxylic acids is 1. The Morgan fingerprint density at radius 1 is 1.23 bits per heavy atom. The number of thiazole rings is 1. The summed E-state index contributed by atoms with van der Waals surface area (Å²) < 4.78 is 55.0. The molecule has 2 aromatic carbocycles. The number of hydrogen-bond acceptors (Lipinski definition) is 6. The summed E-state index contributed by atoms with van der Waals surface area (Å²) in [4.78, 5) is 30.1. The van der Waals surface area contributed by atoms with Crippen LogP contribution < -0.4 is 19.6 Å². The fourth-order valence-corrected chi connectivity index (χ4v) is 5.99. The molecule has 0 saturated carbocycles. The number of ether oxygens (including phenoxy) is 2. The van der Waals surface area contributed by atoms with Crippen molar-refractivity contribution in [3.8, 4) is 5.75 Å². The van der Waals surface area contributed by atoms with E-state index in [0.29, 0.717) is 25.8 Å². The van der Waals surface area contributed by atoms with Crippen molar-refractivity contribution >= 4 is 62.5 Å². The SMILES string of the molecule is C=CCOc1c(Br)cc(Cl)cc1/C=c1\sc2n(c1=O)[C@@H](c1ccc(Cl)cc1)C(C(=O)OCC)=C(C(F)(F)F)N=2. The van der Waals surface area contributed by atoms with Crippen molar-refractivity contribution in [1.82, 2.24) is 4.57 Å². The molecular formula is C26H18BrCl2F3N2O4S. The Hall–Kier alpha value is -2.86. The van der Waals surface area contributed by atoms with E-state index in [-0.39, 0.29) is 28.1 Å². The summed E-state index contributed by atoms with van der Waals surface area (Å²) in [5, 5.41) is 0.650. The maximum atomic E-state index is 14.2. The van der Waals surface area contributed by atoms with E-state index in [2.05, 4.69) is 27.5 Å². The van der Waals surface area contributed by atoms with Crippen LogP contribution in [0.4, 0.5) is 13.2 Å². The maximum Gasteiger partial charge on any atom is 0.434 e. The molecule has 1 aromatic heterocycles. The molecule has 3 aromatic rings. The highest BCUT2D eigenvalue weighted by atomic mass is 79.9. The highest BCUT2D eigenvalue weighted by Gasteiger charge is 2.45. The number of halogens is 6. The molecule has 0 amide bonds. The molecule has 2 heterocycles. The first kappa shape index (κ1) is 29.1. The number of esters is 1. The summed E-state index contributed by atoms with van der Waals surface area (Å²) in [5.74, 6) is -0.885. The van der Waals surface area contributed by atoms with Crippen LogP contribution in [0.2, 0.25) is 10.0 Å². The normalized spacial score (nSPS) is 15.6. The molecule has 39 heavy (non-hydrogen) atoms. The van der Waals surface area contributed by atoms with Crippen LogP contribution in [-0.4, -0.2) is 29.9 Å². The Kier molecular flexibility index (Phi) is 8.75. The van der Waals surface area contributed by atoms with Gasteiger partial charge in [0, 0.05) is 15.6 Å². The molecule has 0 radical (unpaired) electrons. The fraction of sp³-hybridized carbons (Fsp3) is 0.192. The van der Waals surface area contributed by atoms with E-state index < -0.39 is 35.0 Å². The molecule has 0 spiro atoms. The molecule has 0 saturated heterocycles. The molecule has 0 aliphatic carbocycles. The summed E-state index contributed by atoms with van der Waals surface area (Å²) >= 11 is 16.3. The van der Waals surface area contributed by atoms with Gasteiger partial charge in [0.1, 0.15) is 12.4 Å². The number of carbonyl (C=O) groups is 1. The van der Waals surface area contributed by atoms with E-state index in [1.54, 1.807) is 12.1 Å². The molecule has 0 bridgehead atoms.